The summed E-state index contributed by atoms with van der Waals surface area (Å²) in [5.41, 5.74) is 1.12. The molecule has 130 valence electrons. The first-order valence-corrected chi connectivity index (χ1v) is 9.66. The normalized spacial score (nSPS) is 18.8. The first kappa shape index (κ1) is 17.0. The molecule has 2 aromatic rings. The first-order valence-electron chi connectivity index (χ1n) is 8.22. The van der Waals surface area contributed by atoms with Crippen LogP contribution in [-0.2, 0) is 23.0 Å². The molecule has 1 fully saturated rings. The van der Waals surface area contributed by atoms with E-state index in [9.17, 15) is 8.42 Å². The lowest BCUT2D eigenvalue weighted by atomic mass is 10.0. The number of methoxy groups -OCH3 is 1. The number of benzene rings is 1. The Hall–Kier alpha value is -1.86. The molecular formula is C17H23N3O3S. The molecule has 0 saturated carbocycles. The Bertz CT molecular complexity index is 784. The van der Waals surface area contributed by atoms with Gasteiger partial charge in [0.05, 0.1) is 13.3 Å². The summed E-state index contributed by atoms with van der Waals surface area (Å²) in [6.45, 7) is 3.16. The van der Waals surface area contributed by atoms with E-state index in [0.29, 0.717) is 19.5 Å². The standard InChI is InChI=1S/C17H23N3O3S/c1-3-19-13-17(12-18-19)24(21,22)20-10-4-5-15(20)11-14-6-8-16(23-2)9-7-14/h6-9,12-13,15H,3-5,10-11H2,1-2H3/t15-/m0/s1. The van der Waals surface area contributed by atoms with Crippen molar-refractivity contribution in [1.29, 1.82) is 0 Å². The highest BCUT2D eigenvalue weighted by Crippen LogP contribution is 2.28. The van der Waals surface area contributed by atoms with Crippen molar-refractivity contribution < 1.29 is 13.2 Å². The van der Waals surface area contributed by atoms with Gasteiger partial charge < -0.3 is 4.74 Å². The summed E-state index contributed by atoms with van der Waals surface area (Å²) in [5, 5.41) is 4.10. The zero-order chi connectivity index (χ0) is 17.2. The number of rotatable bonds is 6. The van der Waals surface area contributed by atoms with E-state index in [1.165, 1.54) is 6.20 Å². The van der Waals surface area contributed by atoms with Gasteiger partial charge in [0.15, 0.2) is 0 Å². The Morgan fingerprint density at radius 3 is 2.67 bits per heavy atom. The quantitative estimate of drug-likeness (QED) is 0.803. The number of hydrogen-bond acceptors (Lipinski definition) is 4. The number of nitrogens with zero attached hydrogens (tertiary/aromatic N) is 3. The summed E-state index contributed by atoms with van der Waals surface area (Å²) >= 11 is 0. The Morgan fingerprint density at radius 2 is 2.04 bits per heavy atom. The molecular weight excluding hydrogens is 326 g/mol. The zero-order valence-corrected chi connectivity index (χ0v) is 14.9. The van der Waals surface area contributed by atoms with Crippen molar-refractivity contribution in [3.63, 3.8) is 0 Å². The highest BCUT2D eigenvalue weighted by Gasteiger charge is 2.35. The maximum absolute atomic E-state index is 12.9. The number of hydrogen-bond donors (Lipinski definition) is 0. The van der Waals surface area contributed by atoms with Gasteiger partial charge in [0.1, 0.15) is 10.6 Å². The molecule has 0 N–H and O–H groups in total. The Labute approximate surface area is 143 Å². The summed E-state index contributed by atoms with van der Waals surface area (Å²) in [7, 11) is -1.85. The monoisotopic (exact) mass is 349 g/mol. The van der Waals surface area contributed by atoms with Crippen LogP contribution in [0.4, 0.5) is 0 Å². The van der Waals surface area contributed by atoms with Crippen LogP contribution in [-0.4, -0.2) is 42.2 Å². The van der Waals surface area contributed by atoms with Gasteiger partial charge in [0.2, 0.25) is 10.0 Å². The Kier molecular flexibility index (Phi) is 4.91. The summed E-state index contributed by atoms with van der Waals surface area (Å²) in [4.78, 5) is 0.283. The molecule has 3 rings (SSSR count). The molecule has 1 aliphatic rings. The van der Waals surface area contributed by atoms with Crippen LogP contribution in [0.3, 0.4) is 0 Å². The summed E-state index contributed by atoms with van der Waals surface area (Å²) in [6.07, 6.45) is 5.54. The average molecular weight is 349 g/mol. The number of ether oxygens (including phenoxy) is 1. The van der Waals surface area contributed by atoms with Gasteiger partial charge in [-0.2, -0.15) is 9.40 Å². The lowest BCUT2D eigenvalue weighted by molar-refractivity contribution is 0.385. The Morgan fingerprint density at radius 1 is 1.29 bits per heavy atom. The molecule has 6 nitrogen and oxygen atoms in total. The summed E-state index contributed by atoms with van der Waals surface area (Å²) in [5.74, 6) is 0.807. The van der Waals surface area contributed by atoms with Crippen molar-refractivity contribution >= 4 is 10.0 Å². The predicted octanol–water partition coefficient (Wildman–Crippen LogP) is 2.31. The van der Waals surface area contributed by atoms with Crippen LogP contribution in [0.25, 0.3) is 0 Å². The van der Waals surface area contributed by atoms with Crippen LogP contribution in [0.15, 0.2) is 41.6 Å². The van der Waals surface area contributed by atoms with Crippen LogP contribution >= 0.6 is 0 Å². The van der Waals surface area contributed by atoms with E-state index in [2.05, 4.69) is 5.10 Å². The van der Waals surface area contributed by atoms with E-state index in [4.69, 9.17) is 4.74 Å². The third-order valence-corrected chi connectivity index (χ3v) is 6.40. The van der Waals surface area contributed by atoms with Crippen molar-refractivity contribution in [3.8, 4) is 5.75 Å². The predicted molar refractivity (Wildman–Crippen MR) is 91.5 cm³/mol. The molecule has 0 amide bonds. The number of aryl methyl sites for hydroxylation is 1. The highest BCUT2D eigenvalue weighted by molar-refractivity contribution is 7.89. The lowest BCUT2D eigenvalue weighted by Gasteiger charge is -2.23. The van der Waals surface area contributed by atoms with Gasteiger partial charge in [-0.15, -0.1) is 0 Å². The molecule has 0 aliphatic carbocycles. The first-order chi connectivity index (χ1) is 11.5. The second kappa shape index (κ2) is 6.94. The molecule has 1 aromatic heterocycles. The maximum atomic E-state index is 12.9. The molecule has 0 bridgehead atoms. The van der Waals surface area contributed by atoms with Crippen molar-refractivity contribution in [2.24, 2.45) is 0 Å². The van der Waals surface area contributed by atoms with E-state index in [-0.39, 0.29) is 10.9 Å². The fourth-order valence-electron chi connectivity index (χ4n) is 3.15. The van der Waals surface area contributed by atoms with Crippen molar-refractivity contribution in [1.82, 2.24) is 14.1 Å². The molecule has 0 spiro atoms. The number of sulfonamides is 1. The van der Waals surface area contributed by atoms with Gasteiger partial charge in [-0.1, -0.05) is 12.1 Å². The minimum atomic E-state index is -3.48. The van der Waals surface area contributed by atoms with Crippen LogP contribution in [0.2, 0.25) is 0 Å². The molecule has 1 aliphatic heterocycles. The minimum absolute atomic E-state index is 0.00614. The fourth-order valence-corrected chi connectivity index (χ4v) is 4.80. The SMILES string of the molecule is CCn1cc(S(=O)(=O)N2CCC[C@H]2Cc2ccc(OC)cc2)cn1. The van der Waals surface area contributed by atoms with Gasteiger partial charge in [0.25, 0.3) is 0 Å². The number of aromatic nitrogens is 2. The van der Waals surface area contributed by atoms with Gasteiger partial charge in [-0.3, -0.25) is 4.68 Å². The molecule has 0 unspecified atom stereocenters. The highest BCUT2D eigenvalue weighted by atomic mass is 32.2. The van der Waals surface area contributed by atoms with Gasteiger partial charge in [0, 0.05) is 25.3 Å². The molecule has 2 heterocycles. The third-order valence-electron chi connectivity index (χ3n) is 4.49. The summed E-state index contributed by atoms with van der Waals surface area (Å²) in [6, 6.07) is 7.81. The van der Waals surface area contributed by atoms with Gasteiger partial charge in [-0.25, -0.2) is 8.42 Å². The zero-order valence-electron chi connectivity index (χ0n) is 14.1. The van der Waals surface area contributed by atoms with Gasteiger partial charge >= 0.3 is 0 Å². The molecule has 1 aromatic carbocycles. The molecule has 1 saturated heterocycles. The van der Waals surface area contributed by atoms with E-state index in [1.807, 2.05) is 31.2 Å². The second-order valence-corrected chi connectivity index (χ2v) is 7.89. The molecule has 1 atom stereocenters. The second-order valence-electron chi connectivity index (χ2n) is 6.00. The lowest BCUT2D eigenvalue weighted by Crippen LogP contribution is -2.36. The van der Waals surface area contributed by atoms with Crippen LogP contribution in [0, 0.1) is 0 Å². The van der Waals surface area contributed by atoms with Crippen LogP contribution in [0.5, 0.6) is 5.75 Å². The smallest absolute Gasteiger partial charge is 0.246 e. The van der Waals surface area contributed by atoms with Crippen molar-refractivity contribution in [3.05, 3.63) is 42.2 Å². The maximum Gasteiger partial charge on any atom is 0.246 e. The Balaban J connectivity index is 1.78. The van der Waals surface area contributed by atoms with E-state index < -0.39 is 10.0 Å². The average Bonchev–Trinajstić information content (AvgIpc) is 3.25. The van der Waals surface area contributed by atoms with E-state index in [1.54, 1.807) is 22.3 Å². The van der Waals surface area contributed by atoms with Crippen molar-refractivity contribution in [2.75, 3.05) is 13.7 Å². The topological polar surface area (TPSA) is 64.4 Å². The van der Waals surface area contributed by atoms with Crippen LogP contribution < -0.4 is 4.74 Å². The van der Waals surface area contributed by atoms with Crippen LogP contribution in [0.1, 0.15) is 25.3 Å². The van der Waals surface area contributed by atoms with Gasteiger partial charge in [-0.05, 0) is 43.9 Å². The minimum Gasteiger partial charge on any atom is -0.497 e. The molecule has 0 radical (unpaired) electrons. The van der Waals surface area contributed by atoms with Crippen molar-refractivity contribution in [2.45, 2.75) is 43.7 Å². The molecule has 7 heteroatoms. The largest absolute Gasteiger partial charge is 0.497 e. The summed E-state index contributed by atoms with van der Waals surface area (Å²) < 4.78 is 34.3. The van der Waals surface area contributed by atoms with E-state index in [0.717, 1.165) is 24.2 Å². The fraction of sp³-hybridized carbons (Fsp3) is 0.471. The van der Waals surface area contributed by atoms with E-state index >= 15 is 0 Å². The third kappa shape index (κ3) is 3.32. The molecule has 24 heavy (non-hydrogen) atoms.